The maximum Gasteiger partial charge on any atom is 0.244 e. The second-order valence-corrected chi connectivity index (χ2v) is 5.30. The number of para-hydroxylation sites is 1. The number of hydrogen-bond acceptors (Lipinski definition) is 7. The van der Waals surface area contributed by atoms with Crippen molar-refractivity contribution >= 4 is 11.6 Å². The standard InChI is InChI=1S/C15H14N8O/c16-8-12-2-1-3-13(9-17)15(12)22-6-4-21(5-7-22)14(24)10-23-11-18-19-20-23/h1-3,11H,4-7,10H2. The number of hydrogen-bond donors (Lipinski definition) is 0. The van der Waals surface area contributed by atoms with Crippen LogP contribution in [0.15, 0.2) is 24.5 Å². The van der Waals surface area contributed by atoms with E-state index in [4.69, 9.17) is 0 Å². The molecule has 2 aromatic rings. The third kappa shape index (κ3) is 3.01. The summed E-state index contributed by atoms with van der Waals surface area (Å²) in [5, 5.41) is 29.3. The average Bonchev–Trinajstić information content (AvgIpc) is 3.14. The molecule has 0 atom stereocenters. The molecule has 0 aliphatic carbocycles. The molecule has 1 amide bonds. The number of nitrogens with zero attached hydrogens (tertiary/aromatic N) is 8. The van der Waals surface area contributed by atoms with E-state index in [1.165, 1.54) is 11.0 Å². The highest BCUT2D eigenvalue weighted by atomic mass is 16.2. The molecule has 0 N–H and O–H groups in total. The van der Waals surface area contributed by atoms with Crippen molar-refractivity contribution in [3.63, 3.8) is 0 Å². The molecule has 3 rings (SSSR count). The highest BCUT2D eigenvalue weighted by molar-refractivity contribution is 5.76. The minimum atomic E-state index is -0.0592. The minimum Gasteiger partial charge on any atom is -0.366 e. The van der Waals surface area contributed by atoms with Gasteiger partial charge in [0, 0.05) is 26.2 Å². The van der Waals surface area contributed by atoms with E-state index in [0.717, 1.165) is 0 Å². The highest BCUT2D eigenvalue weighted by Gasteiger charge is 2.24. The summed E-state index contributed by atoms with van der Waals surface area (Å²) >= 11 is 0. The summed E-state index contributed by atoms with van der Waals surface area (Å²) in [6.45, 7) is 2.27. The Morgan fingerprint density at radius 3 is 2.33 bits per heavy atom. The number of carbonyl (C=O) groups excluding carboxylic acids is 1. The molecule has 1 aromatic carbocycles. The van der Waals surface area contributed by atoms with Crippen molar-refractivity contribution in [1.82, 2.24) is 25.1 Å². The molecule has 9 nitrogen and oxygen atoms in total. The van der Waals surface area contributed by atoms with Crippen molar-refractivity contribution in [2.45, 2.75) is 6.54 Å². The zero-order chi connectivity index (χ0) is 16.9. The number of piperazine rings is 1. The highest BCUT2D eigenvalue weighted by Crippen LogP contribution is 2.26. The number of nitriles is 2. The van der Waals surface area contributed by atoms with Crippen LogP contribution in [0.1, 0.15) is 11.1 Å². The summed E-state index contributed by atoms with van der Waals surface area (Å²) in [5.74, 6) is -0.0592. The Morgan fingerprint density at radius 2 is 1.79 bits per heavy atom. The number of anilines is 1. The zero-order valence-corrected chi connectivity index (χ0v) is 12.8. The first-order chi connectivity index (χ1) is 11.7. The van der Waals surface area contributed by atoms with Gasteiger partial charge in [-0.1, -0.05) is 6.07 Å². The van der Waals surface area contributed by atoms with Gasteiger partial charge in [-0.3, -0.25) is 4.79 Å². The summed E-state index contributed by atoms with van der Waals surface area (Å²) in [6.07, 6.45) is 1.40. The second-order valence-electron chi connectivity index (χ2n) is 5.30. The minimum absolute atomic E-state index is 0.0592. The van der Waals surface area contributed by atoms with Crippen LogP contribution in [0.3, 0.4) is 0 Å². The Kier molecular flexibility index (Phi) is 4.34. The van der Waals surface area contributed by atoms with Gasteiger partial charge >= 0.3 is 0 Å². The lowest BCUT2D eigenvalue weighted by Gasteiger charge is -2.36. The fraction of sp³-hybridized carbons (Fsp3) is 0.333. The summed E-state index contributed by atoms with van der Waals surface area (Å²) in [4.78, 5) is 16.0. The van der Waals surface area contributed by atoms with E-state index in [0.29, 0.717) is 43.0 Å². The van der Waals surface area contributed by atoms with Gasteiger partial charge in [0.15, 0.2) is 0 Å². The molecule has 0 saturated carbocycles. The molecule has 0 bridgehead atoms. The molecule has 2 heterocycles. The number of tetrazole rings is 1. The summed E-state index contributed by atoms with van der Waals surface area (Å²) in [5.41, 5.74) is 1.60. The molecule has 1 saturated heterocycles. The van der Waals surface area contributed by atoms with Gasteiger partial charge in [-0.25, -0.2) is 4.68 Å². The smallest absolute Gasteiger partial charge is 0.244 e. The van der Waals surface area contributed by atoms with Crippen LogP contribution in [0, 0.1) is 22.7 Å². The first kappa shape index (κ1) is 15.4. The van der Waals surface area contributed by atoms with Crippen LogP contribution < -0.4 is 4.90 Å². The summed E-state index contributed by atoms with van der Waals surface area (Å²) in [7, 11) is 0. The predicted octanol–water partition coefficient (Wildman–Crippen LogP) is -0.235. The number of amides is 1. The first-order valence-corrected chi connectivity index (χ1v) is 7.39. The van der Waals surface area contributed by atoms with Gasteiger partial charge in [-0.2, -0.15) is 10.5 Å². The SMILES string of the molecule is N#Cc1cccc(C#N)c1N1CCN(C(=O)Cn2cnnn2)CC1. The van der Waals surface area contributed by atoms with E-state index in [2.05, 4.69) is 27.7 Å². The van der Waals surface area contributed by atoms with Crippen LogP contribution in [-0.2, 0) is 11.3 Å². The third-order valence-corrected chi connectivity index (χ3v) is 3.91. The molecule has 0 spiro atoms. The van der Waals surface area contributed by atoms with Crippen molar-refractivity contribution in [2.75, 3.05) is 31.1 Å². The lowest BCUT2D eigenvalue weighted by molar-refractivity contribution is -0.132. The van der Waals surface area contributed by atoms with Crippen LogP contribution >= 0.6 is 0 Å². The van der Waals surface area contributed by atoms with Crippen LogP contribution in [0.5, 0.6) is 0 Å². The van der Waals surface area contributed by atoms with Crippen molar-refractivity contribution in [2.24, 2.45) is 0 Å². The van der Waals surface area contributed by atoms with Gasteiger partial charge in [0.1, 0.15) is 25.0 Å². The van der Waals surface area contributed by atoms with Gasteiger partial charge in [0.05, 0.1) is 16.8 Å². The van der Waals surface area contributed by atoms with E-state index in [1.807, 2.05) is 4.90 Å². The van der Waals surface area contributed by atoms with Crippen LogP contribution in [0.4, 0.5) is 5.69 Å². The van der Waals surface area contributed by atoms with E-state index in [-0.39, 0.29) is 12.5 Å². The van der Waals surface area contributed by atoms with Crippen LogP contribution in [0.2, 0.25) is 0 Å². The topological polar surface area (TPSA) is 115 Å². The molecule has 1 aromatic heterocycles. The Bertz CT molecular complexity index is 777. The molecule has 0 unspecified atom stereocenters. The predicted molar refractivity (Wildman–Crippen MR) is 82.5 cm³/mol. The maximum absolute atomic E-state index is 12.2. The largest absolute Gasteiger partial charge is 0.366 e. The monoisotopic (exact) mass is 322 g/mol. The Morgan fingerprint density at radius 1 is 1.12 bits per heavy atom. The number of carbonyl (C=O) groups is 1. The van der Waals surface area contributed by atoms with Crippen LogP contribution in [-0.4, -0.2) is 57.2 Å². The lowest BCUT2D eigenvalue weighted by atomic mass is 10.1. The molecular formula is C15H14N8O. The van der Waals surface area contributed by atoms with E-state index in [1.54, 1.807) is 23.1 Å². The second kappa shape index (κ2) is 6.75. The fourth-order valence-electron chi connectivity index (χ4n) is 2.74. The number of aromatic nitrogens is 4. The summed E-state index contributed by atoms with van der Waals surface area (Å²) < 4.78 is 1.38. The maximum atomic E-state index is 12.2. The number of rotatable bonds is 3. The van der Waals surface area contributed by atoms with E-state index in [9.17, 15) is 15.3 Å². The van der Waals surface area contributed by atoms with Gasteiger partial charge < -0.3 is 9.80 Å². The molecule has 0 radical (unpaired) electrons. The van der Waals surface area contributed by atoms with E-state index < -0.39 is 0 Å². The molecule has 120 valence electrons. The molecule has 1 aliphatic rings. The number of benzene rings is 1. The summed E-state index contributed by atoms with van der Waals surface area (Å²) in [6, 6.07) is 9.37. The Labute approximate surface area is 138 Å². The molecule has 24 heavy (non-hydrogen) atoms. The zero-order valence-electron chi connectivity index (χ0n) is 12.8. The average molecular weight is 322 g/mol. The van der Waals surface area contributed by atoms with Crippen molar-refractivity contribution < 1.29 is 4.79 Å². The quantitative estimate of drug-likeness (QED) is 0.766. The Balaban J connectivity index is 1.69. The fourth-order valence-corrected chi connectivity index (χ4v) is 2.74. The Hall–Kier alpha value is -3.46. The first-order valence-electron chi connectivity index (χ1n) is 7.39. The molecule has 1 aliphatic heterocycles. The normalized spacial score (nSPS) is 14.1. The van der Waals surface area contributed by atoms with Crippen LogP contribution in [0.25, 0.3) is 0 Å². The van der Waals surface area contributed by atoms with Gasteiger partial charge in [0.2, 0.25) is 5.91 Å². The van der Waals surface area contributed by atoms with Gasteiger partial charge in [-0.05, 0) is 22.6 Å². The molecule has 1 fully saturated rings. The third-order valence-electron chi connectivity index (χ3n) is 3.91. The molecular weight excluding hydrogens is 308 g/mol. The lowest BCUT2D eigenvalue weighted by Crippen LogP contribution is -2.50. The van der Waals surface area contributed by atoms with Gasteiger partial charge in [0.25, 0.3) is 0 Å². The van der Waals surface area contributed by atoms with Crippen molar-refractivity contribution in [3.05, 3.63) is 35.7 Å². The van der Waals surface area contributed by atoms with Crippen molar-refractivity contribution in [1.29, 1.82) is 10.5 Å². The van der Waals surface area contributed by atoms with Crippen molar-refractivity contribution in [3.8, 4) is 12.1 Å². The van der Waals surface area contributed by atoms with Gasteiger partial charge in [-0.15, -0.1) is 5.10 Å². The molecule has 9 heteroatoms. The van der Waals surface area contributed by atoms with E-state index >= 15 is 0 Å².